The fourth-order valence-corrected chi connectivity index (χ4v) is 1.38. The summed E-state index contributed by atoms with van der Waals surface area (Å²) in [4.78, 5) is 22.2. The minimum atomic E-state index is -0.350. The molecule has 1 unspecified atom stereocenters. The predicted octanol–water partition coefficient (Wildman–Crippen LogP) is -0.846. The van der Waals surface area contributed by atoms with E-state index in [2.05, 4.69) is 10.6 Å². The smallest absolute Gasteiger partial charge is 0.242 e. The summed E-state index contributed by atoms with van der Waals surface area (Å²) in [6, 6.07) is -0.350. The molecule has 0 aromatic heterocycles. The van der Waals surface area contributed by atoms with Crippen molar-refractivity contribution in [1.82, 2.24) is 10.6 Å². The summed E-state index contributed by atoms with van der Waals surface area (Å²) in [6.07, 6.45) is 2.49. The van der Waals surface area contributed by atoms with E-state index in [0.29, 0.717) is 25.8 Å². The Kier molecular flexibility index (Phi) is 4.39. The van der Waals surface area contributed by atoms with Gasteiger partial charge in [0.2, 0.25) is 11.8 Å². The minimum Gasteiger partial charge on any atom is -0.396 e. The van der Waals surface area contributed by atoms with Crippen LogP contribution in [0.25, 0.3) is 0 Å². The predicted molar refractivity (Wildman–Crippen MR) is 50.5 cm³/mol. The topological polar surface area (TPSA) is 78.4 Å². The van der Waals surface area contributed by atoms with Crippen molar-refractivity contribution in [1.29, 1.82) is 0 Å². The zero-order chi connectivity index (χ0) is 10.4. The maximum Gasteiger partial charge on any atom is 0.242 e. The van der Waals surface area contributed by atoms with Gasteiger partial charge in [-0.05, 0) is 19.3 Å². The molecule has 0 bridgehead atoms. The van der Waals surface area contributed by atoms with Gasteiger partial charge in [0.25, 0.3) is 0 Å². The first-order valence-electron chi connectivity index (χ1n) is 4.92. The molecule has 3 N–H and O–H groups in total. The molecule has 1 rings (SSSR count). The lowest BCUT2D eigenvalue weighted by Crippen LogP contribution is -2.41. The van der Waals surface area contributed by atoms with Gasteiger partial charge in [0.05, 0.1) is 0 Å². The monoisotopic (exact) mass is 200 g/mol. The van der Waals surface area contributed by atoms with Crippen molar-refractivity contribution in [2.45, 2.75) is 31.7 Å². The van der Waals surface area contributed by atoms with Crippen molar-refractivity contribution >= 4 is 11.8 Å². The van der Waals surface area contributed by atoms with Crippen molar-refractivity contribution in [3.8, 4) is 0 Å². The van der Waals surface area contributed by atoms with Gasteiger partial charge in [-0.1, -0.05) is 0 Å². The zero-order valence-electron chi connectivity index (χ0n) is 8.08. The van der Waals surface area contributed by atoms with E-state index in [1.807, 2.05) is 0 Å². The third kappa shape index (κ3) is 3.33. The number of aliphatic hydroxyl groups excluding tert-OH is 1. The minimum absolute atomic E-state index is 0.0551. The number of aliphatic hydroxyl groups is 1. The van der Waals surface area contributed by atoms with Crippen LogP contribution in [0.15, 0.2) is 0 Å². The van der Waals surface area contributed by atoms with Crippen molar-refractivity contribution in [3.05, 3.63) is 0 Å². The molecule has 5 nitrogen and oxygen atoms in total. The molecular formula is C9H16N2O3. The second kappa shape index (κ2) is 5.59. The molecule has 1 aliphatic heterocycles. The standard InChI is InChI=1S/C9H16N2O3/c12-6-2-1-5-10-9(14)7-3-4-8(13)11-7/h7,12H,1-6H2,(H,10,14)(H,11,13). The molecule has 0 saturated carbocycles. The van der Waals surface area contributed by atoms with Crippen molar-refractivity contribution < 1.29 is 14.7 Å². The van der Waals surface area contributed by atoms with Gasteiger partial charge in [-0.15, -0.1) is 0 Å². The number of unbranched alkanes of at least 4 members (excludes halogenated alkanes) is 1. The largest absolute Gasteiger partial charge is 0.396 e. The fourth-order valence-electron chi connectivity index (χ4n) is 1.38. The van der Waals surface area contributed by atoms with Crippen molar-refractivity contribution in [3.63, 3.8) is 0 Å². The summed E-state index contributed by atoms with van der Waals surface area (Å²) in [5, 5.41) is 13.8. The van der Waals surface area contributed by atoms with Crippen LogP contribution < -0.4 is 10.6 Å². The summed E-state index contributed by atoms with van der Waals surface area (Å²) in [5.41, 5.74) is 0. The molecular weight excluding hydrogens is 184 g/mol. The Morgan fingerprint density at radius 2 is 2.36 bits per heavy atom. The van der Waals surface area contributed by atoms with E-state index in [9.17, 15) is 9.59 Å². The molecule has 1 heterocycles. The van der Waals surface area contributed by atoms with Crippen LogP contribution >= 0.6 is 0 Å². The Hall–Kier alpha value is -1.10. The van der Waals surface area contributed by atoms with E-state index < -0.39 is 0 Å². The molecule has 0 aromatic carbocycles. The van der Waals surface area contributed by atoms with Gasteiger partial charge in [-0.3, -0.25) is 9.59 Å². The zero-order valence-corrected chi connectivity index (χ0v) is 8.08. The van der Waals surface area contributed by atoms with Gasteiger partial charge in [0.15, 0.2) is 0 Å². The lowest BCUT2D eigenvalue weighted by molar-refractivity contribution is -0.125. The Labute approximate surface area is 82.9 Å². The molecule has 1 aliphatic rings. The maximum atomic E-state index is 11.4. The number of hydrogen-bond donors (Lipinski definition) is 3. The van der Waals surface area contributed by atoms with Crippen LogP contribution in [-0.4, -0.2) is 36.1 Å². The van der Waals surface area contributed by atoms with Gasteiger partial charge < -0.3 is 15.7 Å². The Morgan fingerprint density at radius 3 is 2.93 bits per heavy atom. The molecule has 1 atom stereocenters. The van der Waals surface area contributed by atoms with E-state index in [1.54, 1.807) is 0 Å². The normalized spacial score (nSPS) is 20.6. The van der Waals surface area contributed by atoms with Crippen LogP contribution in [0.1, 0.15) is 25.7 Å². The van der Waals surface area contributed by atoms with Crippen LogP contribution in [-0.2, 0) is 9.59 Å². The van der Waals surface area contributed by atoms with E-state index in [1.165, 1.54) is 0 Å². The number of nitrogens with one attached hydrogen (secondary N) is 2. The summed E-state index contributed by atoms with van der Waals surface area (Å²) < 4.78 is 0. The molecule has 0 aliphatic carbocycles. The highest BCUT2D eigenvalue weighted by molar-refractivity contribution is 5.90. The van der Waals surface area contributed by atoms with Gasteiger partial charge in [-0.2, -0.15) is 0 Å². The highest BCUT2D eigenvalue weighted by atomic mass is 16.3. The van der Waals surface area contributed by atoms with E-state index in [0.717, 1.165) is 6.42 Å². The summed E-state index contributed by atoms with van der Waals surface area (Å²) in [7, 11) is 0. The molecule has 5 heteroatoms. The SMILES string of the molecule is O=C1CCC(C(=O)NCCCCO)N1. The van der Waals surface area contributed by atoms with Crippen molar-refractivity contribution in [2.75, 3.05) is 13.2 Å². The van der Waals surface area contributed by atoms with E-state index >= 15 is 0 Å². The fraction of sp³-hybridized carbons (Fsp3) is 0.778. The summed E-state index contributed by atoms with van der Waals surface area (Å²) in [6.45, 7) is 0.710. The van der Waals surface area contributed by atoms with Gasteiger partial charge in [0, 0.05) is 19.6 Å². The molecule has 0 aromatic rings. The third-order valence-corrected chi connectivity index (χ3v) is 2.20. The molecule has 0 spiro atoms. The van der Waals surface area contributed by atoms with Crippen LogP contribution in [0.3, 0.4) is 0 Å². The van der Waals surface area contributed by atoms with Crippen LogP contribution in [0.5, 0.6) is 0 Å². The summed E-state index contributed by atoms with van der Waals surface area (Å²) in [5.74, 6) is -0.172. The first-order valence-corrected chi connectivity index (χ1v) is 4.92. The molecule has 80 valence electrons. The van der Waals surface area contributed by atoms with E-state index in [4.69, 9.17) is 5.11 Å². The number of carbonyl (C=O) groups excluding carboxylic acids is 2. The Balaban J connectivity index is 2.12. The van der Waals surface area contributed by atoms with Crippen LogP contribution in [0, 0.1) is 0 Å². The quantitative estimate of drug-likeness (QED) is 0.506. The van der Waals surface area contributed by atoms with Crippen LogP contribution in [0.4, 0.5) is 0 Å². The van der Waals surface area contributed by atoms with Crippen molar-refractivity contribution in [2.24, 2.45) is 0 Å². The van der Waals surface area contributed by atoms with Gasteiger partial charge in [-0.25, -0.2) is 0 Å². The lowest BCUT2D eigenvalue weighted by atomic mass is 10.2. The lowest BCUT2D eigenvalue weighted by Gasteiger charge is -2.10. The first kappa shape index (κ1) is 11.0. The number of rotatable bonds is 5. The molecule has 0 radical (unpaired) electrons. The Morgan fingerprint density at radius 1 is 1.57 bits per heavy atom. The third-order valence-electron chi connectivity index (χ3n) is 2.20. The van der Waals surface area contributed by atoms with Crippen LogP contribution in [0.2, 0.25) is 0 Å². The average molecular weight is 200 g/mol. The second-order valence-electron chi connectivity index (χ2n) is 3.38. The molecule has 1 fully saturated rings. The number of amides is 2. The molecule has 14 heavy (non-hydrogen) atoms. The maximum absolute atomic E-state index is 11.4. The first-order chi connectivity index (χ1) is 6.74. The number of hydrogen-bond acceptors (Lipinski definition) is 3. The molecule has 2 amide bonds. The second-order valence-corrected chi connectivity index (χ2v) is 3.38. The van der Waals surface area contributed by atoms with E-state index in [-0.39, 0.29) is 24.5 Å². The number of carbonyl (C=O) groups is 2. The highest BCUT2D eigenvalue weighted by Gasteiger charge is 2.26. The highest BCUT2D eigenvalue weighted by Crippen LogP contribution is 2.05. The molecule has 1 saturated heterocycles. The Bertz CT molecular complexity index is 218. The summed E-state index contributed by atoms with van der Waals surface area (Å²) >= 11 is 0. The average Bonchev–Trinajstić information content (AvgIpc) is 2.59. The van der Waals surface area contributed by atoms with Gasteiger partial charge in [0.1, 0.15) is 6.04 Å². The van der Waals surface area contributed by atoms with Gasteiger partial charge >= 0.3 is 0 Å².